The molecule has 1 saturated heterocycles. The van der Waals surface area contributed by atoms with Gasteiger partial charge < -0.3 is 0 Å². The lowest BCUT2D eigenvalue weighted by Crippen LogP contribution is -2.44. The van der Waals surface area contributed by atoms with Gasteiger partial charge in [-0.25, -0.2) is 0 Å². The van der Waals surface area contributed by atoms with Gasteiger partial charge in [0.25, 0.3) is 0 Å². The molecule has 0 radical (unpaired) electrons. The maximum absolute atomic E-state index is 11.4. The van der Waals surface area contributed by atoms with Gasteiger partial charge in [0.2, 0.25) is 0 Å². The molecule has 2 unspecified atom stereocenters. The molecule has 1 heterocycles. The Morgan fingerprint density at radius 2 is 2.14 bits per heavy atom. The number of hydrogen-bond acceptors (Lipinski definition) is 2. The lowest BCUT2D eigenvalue weighted by molar-refractivity contribution is -0.122. The monoisotopic (exact) mass is 195 g/mol. The van der Waals surface area contributed by atoms with E-state index in [9.17, 15) is 4.79 Å². The van der Waals surface area contributed by atoms with Crippen LogP contribution in [0.25, 0.3) is 0 Å². The van der Waals surface area contributed by atoms with Crippen molar-refractivity contribution in [1.82, 2.24) is 4.90 Å². The Bertz CT molecular complexity index is 214. The predicted octanol–water partition coefficient (Wildman–Crippen LogP) is 2.23. The molecule has 1 aliphatic carbocycles. The van der Waals surface area contributed by atoms with E-state index in [1.54, 1.807) is 0 Å². The Balaban J connectivity index is 1.89. The molecule has 0 aromatic heterocycles. The van der Waals surface area contributed by atoms with Crippen LogP contribution in [0.2, 0.25) is 0 Å². The van der Waals surface area contributed by atoms with Crippen LogP contribution >= 0.6 is 0 Å². The molecular weight excluding hydrogens is 174 g/mol. The van der Waals surface area contributed by atoms with Crippen LogP contribution in [0.1, 0.15) is 45.4 Å². The van der Waals surface area contributed by atoms with Crippen molar-refractivity contribution in [1.29, 1.82) is 0 Å². The summed E-state index contributed by atoms with van der Waals surface area (Å²) in [5, 5.41) is 0. The van der Waals surface area contributed by atoms with Gasteiger partial charge in [-0.2, -0.15) is 0 Å². The van der Waals surface area contributed by atoms with Gasteiger partial charge in [-0.05, 0) is 38.1 Å². The second-order valence-corrected chi connectivity index (χ2v) is 5.03. The number of likely N-dealkylation sites (tertiary alicyclic amines) is 1. The zero-order chi connectivity index (χ0) is 9.97. The largest absolute Gasteiger partial charge is 0.300 e. The van der Waals surface area contributed by atoms with Gasteiger partial charge in [0.1, 0.15) is 5.78 Å². The first-order chi connectivity index (χ1) is 6.75. The van der Waals surface area contributed by atoms with Crippen LogP contribution in [-0.4, -0.2) is 29.8 Å². The fourth-order valence-electron chi connectivity index (χ4n) is 2.87. The normalized spacial score (nSPS) is 35.9. The molecule has 0 aromatic carbocycles. The standard InChI is InChI=1S/C12H21NO/c1-10-4-3-7-13(9-10)11-5-2-6-12(14)8-11/h10-11H,2-9H2,1H3. The first kappa shape index (κ1) is 10.2. The van der Waals surface area contributed by atoms with Crippen LogP contribution in [0.15, 0.2) is 0 Å². The van der Waals surface area contributed by atoms with Crippen molar-refractivity contribution in [2.45, 2.75) is 51.5 Å². The topological polar surface area (TPSA) is 20.3 Å². The SMILES string of the molecule is CC1CCCN(C2CCCC(=O)C2)C1. The highest BCUT2D eigenvalue weighted by molar-refractivity contribution is 5.79. The summed E-state index contributed by atoms with van der Waals surface area (Å²) in [6.07, 6.45) is 6.72. The molecule has 2 aliphatic rings. The molecule has 1 aliphatic heterocycles. The molecule has 0 aromatic rings. The number of rotatable bonds is 1. The molecule has 2 nitrogen and oxygen atoms in total. The fourth-order valence-corrected chi connectivity index (χ4v) is 2.87. The molecule has 14 heavy (non-hydrogen) atoms. The summed E-state index contributed by atoms with van der Waals surface area (Å²) in [5.41, 5.74) is 0. The summed E-state index contributed by atoms with van der Waals surface area (Å²) in [6.45, 7) is 4.77. The Kier molecular flexibility index (Phi) is 3.22. The molecule has 2 rings (SSSR count). The third kappa shape index (κ3) is 2.35. The van der Waals surface area contributed by atoms with E-state index in [1.165, 1.54) is 32.4 Å². The molecule has 0 amide bonds. The summed E-state index contributed by atoms with van der Waals surface area (Å²) in [5.74, 6) is 1.32. The van der Waals surface area contributed by atoms with E-state index in [1.807, 2.05) is 0 Å². The van der Waals surface area contributed by atoms with Crippen LogP contribution < -0.4 is 0 Å². The molecular formula is C12H21NO. The van der Waals surface area contributed by atoms with Crippen molar-refractivity contribution in [3.8, 4) is 0 Å². The summed E-state index contributed by atoms with van der Waals surface area (Å²) >= 11 is 0. The van der Waals surface area contributed by atoms with E-state index in [0.29, 0.717) is 11.8 Å². The number of piperidine rings is 1. The van der Waals surface area contributed by atoms with E-state index >= 15 is 0 Å². The summed E-state index contributed by atoms with van der Waals surface area (Å²) in [4.78, 5) is 13.9. The Morgan fingerprint density at radius 3 is 2.86 bits per heavy atom. The lowest BCUT2D eigenvalue weighted by atomic mass is 9.90. The van der Waals surface area contributed by atoms with Crippen molar-refractivity contribution in [3.63, 3.8) is 0 Å². The Morgan fingerprint density at radius 1 is 1.29 bits per heavy atom. The van der Waals surface area contributed by atoms with E-state index in [-0.39, 0.29) is 0 Å². The third-order valence-corrected chi connectivity index (χ3v) is 3.66. The molecule has 0 bridgehead atoms. The summed E-state index contributed by atoms with van der Waals surface area (Å²) in [6, 6.07) is 0.582. The smallest absolute Gasteiger partial charge is 0.134 e. The molecule has 2 heteroatoms. The maximum Gasteiger partial charge on any atom is 0.134 e. The van der Waals surface area contributed by atoms with Gasteiger partial charge in [-0.1, -0.05) is 6.92 Å². The third-order valence-electron chi connectivity index (χ3n) is 3.66. The molecule has 0 N–H and O–H groups in total. The van der Waals surface area contributed by atoms with E-state index in [2.05, 4.69) is 11.8 Å². The van der Waals surface area contributed by atoms with Gasteiger partial charge in [0.05, 0.1) is 0 Å². The molecule has 0 spiro atoms. The van der Waals surface area contributed by atoms with Crippen LogP contribution in [0.4, 0.5) is 0 Å². The van der Waals surface area contributed by atoms with Gasteiger partial charge >= 0.3 is 0 Å². The van der Waals surface area contributed by atoms with E-state index < -0.39 is 0 Å². The zero-order valence-electron chi connectivity index (χ0n) is 9.17. The van der Waals surface area contributed by atoms with Gasteiger partial charge in [0.15, 0.2) is 0 Å². The minimum Gasteiger partial charge on any atom is -0.300 e. The molecule has 1 saturated carbocycles. The predicted molar refractivity (Wildman–Crippen MR) is 57.2 cm³/mol. The number of ketones is 1. The van der Waals surface area contributed by atoms with Crippen molar-refractivity contribution < 1.29 is 4.79 Å². The molecule has 80 valence electrons. The van der Waals surface area contributed by atoms with Gasteiger partial charge in [0, 0.05) is 25.4 Å². The number of Topliss-reactive ketones (excluding diaryl/α,β-unsaturated/α-hetero) is 1. The van der Waals surface area contributed by atoms with Crippen molar-refractivity contribution in [3.05, 3.63) is 0 Å². The van der Waals surface area contributed by atoms with Crippen molar-refractivity contribution in [2.24, 2.45) is 5.92 Å². The second kappa shape index (κ2) is 4.43. The molecule has 2 fully saturated rings. The quantitative estimate of drug-likeness (QED) is 0.639. The van der Waals surface area contributed by atoms with Crippen LogP contribution in [0.5, 0.6) is 0 Å². The van der Waals surface area contributed by atoms with E-state index in [4.69, 9.17) is 0 Å². The van der Waals surface area contributed by atoms with Crippen LogP contribution in [-0.2, 0) is 4.79 Å². The number of carbonyl (C=O) groups is 1. The first-order valence-corrected chi connectivity index (χ1v) is 6.01. The van der Waals surface area contributed by atoms with Crippen LogP contribution in [0.3, 0.4) is 0 Å². The zero-order valence-corrected chi connectivity index (χ0v) is 9.17. The Hall–Kier alpha value is -0.370. The minimum atomic E-state index is 0.486. The van der Waals surface area contributed by atoms with Crippen LogP contribution in [0, 0.1) is 5.92 Å². The Labute approximate surface area is 86.7 Å². The van der Waals surface area contributed by atoms with Crippen molar-refractivity contribution >= 4 is 5.78 Å². The summed E-state index contributed by atoms with van der Waals surface area (Å²) < 4.78 is 0. The highest BCUT2D eigenvalue weighted by Crippen LogP contribution is 2.25. The average Bonchev–Trinajstić information content (AvgIpc) is 2.18. The maximum atomic E-state index is 11.4. The fraction of sp³-hybridized carbons (Fsp3) is 0.917. The molecule has 2 atom stereocenters. The first-order valence-electron chi connectivity index (χ1n) is 6.01. The number of hydrogen-bond donors (Lipinski definition) is 0. The summed E-state index contributed by atoms with van der Waals surface area (Å²) in [7, 11) is 0. The number of carbonyl (C=O) groups excluding carboxylic acids is 1. The highest BCUT2D eigenvalue weighted by atomic mass is 16.1. The average molecular weight is 195 g/mol. The van der Waals surface area contributed by atoms with E-state index in [0.717, 1.165) is 25.2 Å². The second-order valence-electron chi connectivity index (χ2n) is 5.03. The number of nitrogens with zero attached hydrogens (tertiary/aromatic N) is 1. The van der Waals surface area contributed by atoms with Crippen molar-refractivity contribution in [2.75, 3.05) is 13.1 Å². The highest BCUT2D eigenvalue weighted by Gasteiger charge is 2.27. The van der Waals surface area contributed by atoms with Gasteiger partial charge in [-0.3, -0.25) is 9.69 Å². The minimum absolute atomic E-state index is 0.486. The lowest BCUT2D eigenvalue weighted by Gasteiger charge is -2.38. The van der Waals surface area contributed by atoms with Gasteiger partial charge in [-0.15, -0.1) is 0 Å².